The maximum Gasteiger partial charge on any atom is 0.0695 e. The third-order valence-corrected chi connectivity index (χ3v) is 5.14. The molecule has 1 aliphatic carbocycles. The minimum absolute atomic E-state index is 0.0924. The van der Waals surface area contributed by atoms with Crippen LogP contribution in [0.25, 0.3) is 0 Å². The fourth-order valence-corrected chi connectivity index (χ4v) is 3.95. The molecule has 2 heteroatoms. The lowest BCUT2D eigenvalue weighted by atomic mass is 9.73. The molecule has 1 saturated heterocycles. The Hall–Kier alpha value is -0.0800. The van der Waals surface area contributed by atoms with Gasteiger partial charge in [0.05, 0.1) is 6.10 Å². The highest BCUT2D eigenvalue weighted by Gasteiger charge is 2.39. The van der Waals surface area contributed by atoms with E-state index < -0.39 is 0 Å². The van der Waals surface area contributed by atoms with Gasteiger partial charge in [0.25, 0.3) is 0 Å². The van der Waals surface area contributed by atoms with Crippen molar-refractivity contribution in [2.24, 2.45) is 5.41 Å². The number of aliphatic hydroxyl groups is 1. The van der Waals surface area contributed by atoms with E-state index in [1.54, 1.807) is 0 Å². The quantitative estimate of drug-likeness (QED) is 0.813. The van der Waals surface area contributed by atoms with Crippen LogP contribution in [-0.4, -0.2) is 34.7 Å². The van der Waals surface area contributed by atoms with Gasteiger partial charge in [-0.25, -0.2) is 0 Å². The molecule has 3 atom stereocenters. The SMILES string of the molecule is CCC1CCCCCN1C1CC(C)(C)CCC1O. The predicted octanol–water partition coefficient (Wildman–Crippen LogP) is 3.58. The van der Waals surface area contributed by atoms with Gasteiger partial charge < -0.3 is 5.11 Å². The van der Waals surface area contributed by atoms with Crippen molar-refractivity contribution in [1.82, 2.24) is 4.90 Å². The van der Waals surface area contributed by atoms with Crippen molar-refractivity contribution in [3.8, 4) is 0 Å². The molecule has 2 rings (SSSR count). The van der Waals surface area contributed by atoms with E-state index in [1.807, 2.05) is 0 Å². The second-order valence-corrected chi connectivity index (χ2v) is 7.19. The first-order valence-corrected chi connectivity index (χ1v) is 7.97. The van der Waals surface area contributed by atoms with E-state index in [4.69, 9.17) is 0 Å². The van der Waals surface area contributed by atoms with E-state index in [9.17, 15) is 5.11 Å². The monoisotopic (exact) mass is 253 g/mol. The van der Waals surface area contributed by atoms with Gasteiger partial charge in [-0.2, -0.15) is 0 Å². The maximum atomic E-state index is 10.4. The van der Waals surface area contributed by atoms with Gasteiger partial charge >= 0.3 is 0 Å². The average molecular weight is 253 g/mol. The van der Waals surface area contributed by atoms with E-state index in [0.29, 0.717) is 17.5 Å². The molecule has 0 aromatic heterocycles. The highest BCUT2D eigenvalue weighted by atomic mass is 16.3. The summed E-state index contributed by atoms with van der Waals surface area (Å²) in [7, 11) is 0. The molecular formula is C16H31NO. The molecular weight excluding hydrogens is 222 g/mol. The third kappa shape index (κ3) is 3.27. The van der Waals surface area contributed by atoms with Crippen molar-refractivity contribution >= 4 is 0 Å². The van der Waals surface area contributed by atoms with Gasteiger partial charge in [-0.1, -0.05) is 33.6 Å². The van der Waals surface area contributed by atoms with E-state index in [1.165, 1.54) is 51.5 Å². The average Bonchev–Trinajstić information content (AvgIpc) is 2.57. The zero-order valence-electron chi connectivity index (χ0n) is 12.5. The molecule has 1 saturated carbocycles. The Morgan fingerprint density at radius 2 is 1.94 bits per heavy atom. The van der Waals surface area contributed by atoms with Gasteiger partial charge in [-0.3, -0.25) is 4.90 Å². The molecule has 0 amide bonds. The van der Waals surface area contributed by atoms with Crippen molar-refractivity contribution in [2.75, 3.05) is 6.54 Å². The number of nitrogens with zero attached hydrogens (tertiary/aromatic N) is 1. The van der Waals surface area contributed by atoms with Crippen LogP contribution >= 0.6 is 0 Å². The zero-order chi connectivity index (χ0) is 13.2. The van der Waals surface area contributed by atoms with Crippen LogP contribution in [-0.2, 0) is 0 Å². The second-order valence-electron chi connectivity index (χ2n) is 7.19. The van der Waals surface area contributed by atoms with E-state index in [0.717, 1.165) is 6.42 Å². The Morgan fingerprint density at radius 3 is 2.67 bits per heavy atom. The Bertz CT molecular complexity index is 264. The number of hydrogen-bond donors (Lipinski definition) is 1. The van der Waals surface area contributed by atoms with Crippen LogP contribution in [0.4, 0.5) is 0 Å². The normalized spacial score (nSPS) is 38.3. The molecule has 0 bridgehead atoms. The van der Waals surface area contributed by atoms with Crippen LogP contribution in [0.1, 0.15) is 72.1 Å². The summed E-state index contributed by atoms with van der Waals surface area (Å²) in [6.07, 6.45) is 9.89. The number of likely N-dealkylation sites (tertiary alicyclic amines) is 1. The van der Waals surface area contributed by atoms with Gasteiger partial charge in [0.1, 0.15) is 0 Å². The van der Waals surface area contributed by atoms with Gasteiger partial charge in [0, 0.05) is 12.1 Å². The lowest BCUT2D eigenvalue weighted by Gasteiger charge is -2.46. The molecule has 3 unspecified atom stereocenters. The van der Waals surface area contributed by atoms with E-state index in [2.05, 4.69) is 25.7 Å². The minimum atomic E-state index is -0.0924. The van der Waals surface area contributed by atoms with Crippen molar-refractivity contribution in [1.29, 1.82) is 0 Å². The molecule has 2 fully saturated rings. The fraction of sp³-hybridized carbons (Fsp3) is 1.00. The fourth-order valence-electron chi connectivity index (χ4n) is 3.95. The predicted molar refractivity (Wildman–Crippen MR) is 76.7 cm³/mol. The summed E-state index contributed by atoms with van der Waals surface area (Å²) in [5.41, 5.74) is 0.411. The third-order valence-electron chi connectivity index (χ3n) is 5.14. The van der Waals surface area contributed by atoms with Gasteiger partial charge in [-0.15, -0.1) is 0 Å². The van der Waals surface area contributed by atoms with Crippen LogP contribution in [0.3, 0.4) is 0 Å². The first kappa shape index (κ1) is 14.3. The lowest BCUT2D eigenvalue weighted by Crippen LogP contribution is -2.52. The van der Waals surface area contributed by atoms with Gasteiger partial charge in [0.2, 0.25) is 0 Å². The second kappa shape index (κ2) is 5.92. The van der Waals surface area contributed by atoms with Crippen molar-refractivity contribution < 1.29 is 5.11 Å². The first-order chi connectivity index (χ1) is 8.53. The first-order valence-electron chi connectivity index (χ1n) is 7.97. The standard InChI is InChI=1S/C16H31NO/c1-4-13-8-6-5-7-11-17(13)14-12-16(2,3)10-9-15(14)18/h13-15,18H,4-12H2,1-3H3. The molecule has 0 radical (unpaired) electrons. The lowest BCUT2D eigenvalue weighted by molar-refractivity contribution is -0.0340. The van der Waals surface area contributed by atoms with Crippen molar-refractivity contribution in [2.45, 2.75) is 90.3 Å². The Labute approximate surface area is 113 Å². The summed E-state index contributed by atoms with van der Waals surface area (Å²) in [6.45, 7) is 8.24. The summed E-state index contributed by atoms with van der Waals surface area (Å²) < 4.78 is 0. The van der Waals surface area contributed by atoms with E-state index in [-0.39, 0.29) is 6.10 Å². The smallest absolute Gasteiger partial charge is 0.0695 e. The molecule has 2 nitrogen and oxygen atoms in total. The summed E-state index contributed by atoms with van der Waals surface area (Å²) in [5, 5.41) is 10.4. The van der Waals surface area contributed by atoms with Gasteiger partial charge in [0.15, 0.2) is 0 Å². The van der Waals surface area contributed by atoms with Crippen LogP contribution < -0.4 is 0 Å². The molecule has 106 valence electrons. The van der Waals surface area contributed by atoms with Crippen molar-refractivity contribution in [3.63, 3.8) is 0 Å². The Balaban J connectivity index is 2.10. The molecule has 0 aromatic rings. The van der Waals surface area contributed by atoms with E-state index >= 15 is 0 Å². The van der Waals surface area contributed by atoms with Crippen LogP contribution in [0, 0.1) is 5.41 Å². The topological polar surface area (TPSA) is 23.5 Å². The number of hydrogen-bond acceptors (Lipinski definition) is 2. The molecule has 2 aliphatic rings. The van der Waals surface area contributed by atoms with Crippen LogP contribution in [0.15, 0.2) is 0 Å². The molecule has 1 heterocycles. The van der Waals surface area contributed by atoms with Gasteiger partial charge in [-0.05, 0) is 50.5 Å². The highest BCUT2D eigenvalue weighted by Crippen LogP contribution is 2.39. The number of rotatable bonds is 2. The van der Waals surface area contributed by atoms with Crippen molar-refractivity contribution in [3.05, 3.63) is 0 Å². The number of aliphatic hydroxyl groups excluding tert-OH is 1. The summed E-state index contributed by atoms with van der Waals surface area (Å²) in [5.74, 6) is 0. The largest absolute Gasteiger partial charge is 0.391 e. The zero-order valence-corrected chi connectivity index (χ0v) is 12.5. The summed E-state index contributed by atoms with van der Waals surface area (Å²) in [4.78, 5) is 2.67. The Kier molecular flexibility index (Phi) is 4.71. The summed E-state index contributed by atoms with van der Waals surface area (Å²) in [6, 6.07) is 1.12. The van der Waals surface area contributed by atoms with Crippen LogP contribution in [0.2, 0.25) is 0 Å². The molecule has 0 spiro atoms. The minimum Gasteiger partial charge on any atom is -0.391 e. The van der Waals surface area contributed by atoms with Crippen LogP contribution in [0.5, 0.6) is 0 Å². The Morgan fingerprint density at radius 1 is 1.17 bits per heavy atom. The molecule has 0 aromatic carbocycles. The molecule has 1 N–H and O–H groups in total. The molecule has 1 aliphatic heterocycles. The maximum absolute atomic E-state index is 10.4. The summed E-state index contributed by atoms with van der Waals surface area (Å²) >= 11 is 0. The molecule has 18 heavy (non-hydrogen) atoms. The highest BCUT2D eigenvalue weighted by molar-refractivity contribution is 4.93.